The zero-order valence-corrected chi connectivity index (χ0v) is 7.89. The highest BCUT2D eigenvalue weighted by Gasteiger charge is 2.39. The predicted molar refractivity (Wildman–Crippen MR) is 44.5 cm³/mol. The van der Waals surface area contributed by atoms with Crippen molar-refractivity contribution >= 4 is 12.1 Å². The van der Waals surface area contributed by atoms with Crippen LogP contribution in [-0.2, 0) is 19.0 Å². The van der Waals surface area contributed by atoms with E-state index in [2.05, 4.69) is 4.74 Å². The molecule has 0 spiro atoms. The van der Waals surface area contributed by atoms with Crippen molar-refractivity contribution in [2.45, 2.75) is 32.0 Å². The topological polar surface area (TPSA) is 61.8 Å². The van der Waals surface area contributed by atoms with Crippen LogP contribution in [0.15, 0.2) is 0 Å². The molecule has 3 atom stereocenters. The standard InChI is InChI=1S/C9H12O5/c1-5-4-7(13-8(5)10)6-2-3-12-9(11)14-6/h5-7H,2-4H2,1H3. The molecule has 2 saturated heterocycles. The smallest absolute Gasteiger partial charge is 0.458 e. The number of hydrogen-bond donors (Lipinski definition) is 0. The summed E-state index contributed by atoms with van der Waals surface area (Å²) in [4.78, 5) is 21.9. The van der Waals surface area contributed by atoms with Gasteiger partial charge in [0.25, 0.3) is 0 Å². The summed E-state index contributed by atoms with van der Waals surface area (Å²) in [7, 11) is 0. The number of carbonyl (C=O) groups excluding carboxylic acids is 2. The molecule has 0 aromatic rings. The van der Waals surface area contributed by atoms with Crippen molar-refractivity contribution in [3.05, 3.63) is 0 Å². The summed E-state index contributed by atoms with van der Waals surface area (Å²) >= 11 is 0. The molecule has 5 heteroatoms. The van der Waals surface area contributed by atoms with Gasteiger partial charge in [0.2, 0.25) is 0 Å². The van der Waals surface area contributed by atoms with E-state index >= 15 is 0 Å². The molecule has 14 heavy (non-hydrogen) atoms. The molecule has 0 radical (unpaired) electrons. The molecule has 0 bridgehead atoms. The molecule has 0 aliphatic carbocycles. The molecule has 5 nitrogen and oxygen atoms in total. The van der Waals surface area contributed by atoms with Gasteiger partial charge in [0.05, 0.1) is 12.5 Å². The third-order valence-electron chi connectivity index (χ3n) is 2.54. The first kappa shape index (κ1) is 9.30. The lowest BCUT2D eigenvalue weighted by molar-refractivity contribution is -0.150. The lowest BCUT2D eigenvalue weighted by Crippen LogP contribution is -2.36. The van der Waals surface area contributed by atoms with E-state index in [1.54, 1.807) is 0 Å². The van der Waals surface area contributed by atoms with Gasteiger partial charge in [-0.2, -0.15) is 0 Å². The van der Waals surface area contributed by atoms with Crippen LogP contribution in [0.2, 0.25) is 0 Å². The Balaban J connectivity index is 1.95. The summed E-state index contributed by atoms with van der Waals surface area (Å²) in [6.45, 7) is 2.15. The first-order valence-corrected chi connectivity index (χ1v) is 4.70. The van der Waals surface area contributed by atoms with Crippen molar-refractivity contribution in [3.8, 4) is 0 Å². The van der Waals surface area contributed by atoms with Crippen LogP contribution in [0.3, 0.4) is 0 Å². The lowest BCUT2D eigenvalue weighted by atomic mass is 10.0. The van der Waals surface area contributed by atoms with E-state index < -0.39 is 6.16 Å². The maximum absolute atomic E-state index is 11.1. The van der Waals surface area contributed by atoms with Crippen LogP contribution in [-0.4, -0.2) is 30.9 Å². The van der Waals surface area contributed by atoms with Gasteiger partial charge in [0.1, 0.15) is 12.2 Å². The van der Waals surface area contributed by atoms with Crippen molar-refractivity contribution < 1.29 is 23.8 Å². The number of cyclic esters (lactones) is 3. The van der Waals surface area contributed by atoms with Gasteiger partial charge in [0.15, 0.2) is 0 Å². The number of ether oxygens (including phenoxy) is 3. The molecule has 0 amide bonds. The Morgan fingerprint density at radius 1 is 1.21 bits per heavy atom. The van der Waals surface area contributed by atoms with Crippen LogP contribution < -0.4 is 0 Å². The molecular formula is C9H12O5. The number of esters is 1. The van der Waals surface area contributed by atoms with Crippen LogP contribution in [0.5, 0.6) is 0 Å². The monoisotopic (exact) mass is 200 g/mol. The molecule has 2 heterocycles. The van der Waals surface area contributed by atoms with Crippen LogP contribution in [0.4, 0.5) is 4.79 Å². The lowest BCUT2D eigenvalue weighted by Gasteiger charge is -2.25. The normalized spacial score (nSPS) is 37.4. The Hall–Kier alpha value is -1.26. The molecule has 0 aromatic heterocycles. The SMILES string of the molecule is CC1CC(C2CCOC(=O)O2)OC1=O. The van der Waals surface area contributed by atoms with Gasteiger partial charge in [-0.1, -0.05) is 6.92 Å². The molecule has 2 aliphatic heterocycles. The van der Waals surface area contributed by atoms with E-state index in [-0.39, 0.29) is 24.1 Å². The van der Waals surface area contributed by atoms with E-state index in [0.717, 1.165) is 0 Å². The van der Waals surface area contributed by atoms with Gasteiger partial charge in [-0.3, -0.25) is 4.79 Å². The number of hydrogen-bond acceptors (Lipinski definition) is 5. The van der Waals surface area contributed by atoms with E-state index in [4.69, 9.17) is 9.47 Å². The van der Waals surface area contributed by atoms with Crippen molar-refractivity contribution in [2.75, 3.05) is 6.61 Å². The fraction of sp³-hybridized carbons (Fsp3) is 0.778. The molecule has 2 rings (SSSR count). The molecular weight excluding hydrogens is 188 g/mol. The fourth-order valence-electron chi connectivity index (χ4n) is 1.72. The van der Waals surface area contributed by atoms with Crippen molar-refractivity contribution in [2.24, 2.45) is 5.92 Å². The first-order valence-electron chi connectivity index (χ1n) is 4.70. The molecule has 0 aromatic carbocycles. The summed E-state index contributed by atoms with van der Waals surface area (Å²) < 4.78 is 14.6. The van der Waals surface area contributed by atoms with Gasteiger partial charge >= 0.3 is 12.1 Å². The minimum absolute atomic E-state index is 0.0958. The zero-order valence-electron chi connectivity index (χ0n) is 7.89. The summed E-state index contributed by atoms with van der Waals surface area (Å²) in [5.74, 6) is -0.306. The second-order valence-electron chi connectivity index (χ2n) is 3.66. The van der Waals surface area contributed by atoms with Crippen molar-refractivity contribution in [1.29, 1.82) is 0 Å². The zero-order chi connectivity index (χ0) is 10.1. The average Bonchev–Trinajstić information content (AvgIpc) is 2.47. The quantitative estimate of drug-likeness (QED) is 0.587. The molecule has 3 unspecified atom stereocenters. The Morgan fingerprint density at radius 2 is 2.00 bits per heavy atom. The second kappa shape index (κ2) is 3.48. The van der Waals surface area contributed by atoms with Crippen LogP contribution >= 0.6 is 0 Å². The van der Waals surface area contributed by atoms with Crippen molar-refractivity contribution in [1.82, 2.24) is 0 Å². The predicted octanol–water partition coefficient (Wildman–Crippen LogP) is 0.863. The van der Waals surface area contributed by atoms with Gasteiger partial charge in [-0.25, -0.2) is 4.79 Å². The van der Waals surface area contributed by atoms with E-state index in [1.165, 1.54) is 0 Å². The summed E-state index contributed by atoms with van der Waals surface area (Å²) in [5.41, 5.74) is 0. The van der Waals surface area contributed by atoms with E-state index in [0.29, 0.717) is 19.4 Å². The van der Waals surface area contributed by atoms with Gasteiger partial charge in [-0.05, 0) is 0 Å². The van der Waals surface area contributed by atoms with Gasteiger partial charge in [-0.15, -0.1) is 0 Å². The molecule has 2 aliphatic rings. The number of rotatable bonds is 1. The minimum Gasteiger partial charge on any atom is -0.458 e. The molecule has 2 fully saturated rings. The first-order chi connectivity index (χ1) is 6.66. The highest BCUT2D eigenvalue weighted by atomic mass is 16.7. The molecule has 0 saturated carbocycles. The number of carbonyl (C=O) groups is 2. The summed E-state index contributed by atoms with van der Waals surface area (Å²) in [5, 5.41) is 0. The Labute approximate surface area is 81.3 Å². The van der Waals surface area contributed by atoms with E-state index in [9.17, 15) is 9.59 Å². The minimum atomic E-state index is -0.670. The second-order valence-corrected chi connectivity index (χ2v) is 3.66. The van der Waals surface area contributed by atoms with Crippen LogP contribution in [0.25, 0.3) is 0 Å². The Bertz CT molecular complexity index is 260. The fourth-order valence-corrected chi connectivity index (χ4v) is 1.72. The van der Waals surface area contributed by atoms with E-state index in [1.807, 2.05) is 6.92 Å². The average molecular weight is 200 g/mol. The van der Waals surface area contributed by atoms with Gasteiger partial charge in [0, 0.05) is 12.8 Å². The molecule has 78 valence electrons. The van der Waals surface area contributed by atoms with Crippen molar-refractivity contribution in [3.63, 3.8) is 0 Å². The van der Waals surface area contributed by atoms with Crippen LogP contribution in [0, 0.1) is 5.92 Å². The largest absolute Gasteiger partial charge is 0.508 e. The third-order valence-corrected chi connectivity index (χ3v) is 2.54. The Morgan fingerprint density at radius 3 is 2.57 bits per heavy atom. The molecule has 0 N–H and O–H groups in total. The third kappa shape index (κ3) is 1.66. The highest BCUT2D eigenvalue weighted by molar-refractivity contribution is 5.74. The summed E-state index contributed by atoms with van der Waals surface area (Å²) in [6, 6.07) is 0. The maximum atomic E-state index is 11.1. The van der Waals surface area contributed by atoms with Gasteiger partial charge < -0.3 is 14.2 Å². The highest BCUT2D eigenvalue weighted by Crippen LogP contribution is 2.27. The Kier molecular flexibility index (Phi) is 2.31. The summed E-state index contributed by atoms with van der Waals surface area (Å²) in [6.07, 6.45) is -0.0694. The van der Waals surface area contributed by atoms with Crippen LogP contribution in [0.1, 0.15) is 19.8 Å². The maximum Gasteiger partial charge on any atom is 0.508 e.